The summed E-state index contributed by atoms with van der Waals surface area (Å²) in [5, 5.41) is 18.3. The molecule has 2 heterocycles. The van der Waals surface area contributed by atoms with Crippen molar-refractivity contribution in [3.05, 3.63) is 35.4 Å². The number of rotatable bonds is 2. The molecule has 2 aliphatic rings. The van der Waals surface area contributed by atoms with Crippen LogP contribution in [0.3, 0.4) is 0 Å². The van der Waals surface area contributed by atoms with E-state index in [0.29, 0.717) is 24.2 Å². The van der Waals surface area contributed by atoms with Crippen LogP contribution in [0.15, 0.2) is 24.3 Å². The van der Waals surface area contributed by atoms with E-state index in [2.05, 4.69) is 0 Å². The van der Waals surface area contributed by atoms with E-state index in [-0.39, 0.29) is 11.8 Å². The summed E-state index contributed by atoms with van der Waals surface area (Å²) in [6.07, 6.45) is -1.35. The molecule has 18 heavy (non-hydrogen) atoms. The van der Waals surface area contributed by atoms with Crippen molar-refractivity contribution in [1.82, 2.24) is 9.80 Å². The number of aliphatic hydroxyl groups is 2. The minimum atomic E-state index is -0.675. The normalized spacial score (nSPS) is 25.0. The van der Waals surface area contributed by atoms with Crippen molar-refractivity contribution in [2.24, 2.45) is 0 Å². The van der Waals surface area contributed by atoms with E-state index >= 15 is 0 Å². The SMILES string of the molecule is O=C(c1ccc(C(=O)N2CC2O)cc1)N1CC1O. The molecule has 2 atom stereocenters. The van der Waals surface area contributed by atoms with Gasteiger partial charge < -0.3 is 20.0 Å². The molecule has 6 nitrogen and oxygen atoms in total. The second-order valence-electron chi connectivity index (χ2n) is 4.45. The molecule has 2 fully saturated rings. The highest BCUT2D eigenvalue weighted by atomic mass is 16.3. The van der Waals surface area contributed by atoms with E-state index in [1.54, 1.807) is 24.3 Å². The van der Waals surface area contributed by atoms with Gasteiger partial charge in [0.1, 0.15) is 12.5 Å². The van der Waals surface area contributed by atoms with Gasteiger partial charge in [0, 0.05) is 11.1 Å². The summed E-state index contributed by atoms with van der Waals surface area (Å²) in [6, 6.07) is 6.21. The fourth-order valence-corrected chi connectivity index (χ4v) is 1.78. The lowest BCUT2D eigenvalue weighted by Gasteiger charge is -2.05. The zero-order valence-electron chi connectivity index (χ0n) is 9.48. The van der Waals surface area contributed by atoms with E-state index in [0.717, 1.165) is 0 Å². The summed E-state index contributed by atoms with van der Waals surface area (Å²) in [5.41, 5.74) is 0.879. The lowest BCUT2D eigenvalue weighted by Crippen LogP contribution is -2.15. The van der Waals surface area contributed by atoms with Crippen molar-refractivity contribution in [1.29, 1.82) is 0 Å². The summed E-state index contributed by atoms with van der Waals surface area (Å²) in [7, 11) is 0. The van der Waals surface area contributed by atoms with Crippen LogP contribution in [0.5, 0.6) is 0 Å². The standard InChI is InChI=1S/C12H12N2O4/c15-9-5-13(9)11(17)7-1-2-8(4-3-7)12(18)14-6-10(14)16/h1-4,9-10,15-16H,5-6H2. The van der Waals surface area contributed by atoms with Crippen LogP contribution in [0.2, 0.25) is 0 Å². The third-order valence-corrected chi connectivity index (χ3v) is 3.07. The molecule has 0 spiro atoms. The minimum Gasteiger partial charge on any atom is -0.372 e. The molecule has 0 bridgehead atoms. The topological polar surface area (TPSA) is 80.6 Å². The Hall–Kier alpha value is -1.92. The molecule has 0 saturated carbocycles. The molecule has 3 rings (SSSR count). The van der Waals surface area contributed by atoms with Gasteiger partial charge in [0.25, 0.3) is 11.8 Å². The third-order valence-electron chi connectivity index (χ3n) is 3.07. The van der Waals surface area contributed by atoms with E-state index in [9.17, 15) is 9.59 Å². The average molecular weight is 248 g/mol. The lowest BCUT2D eigenvalue weighted by molar-refractivity contribution is 0.0799. The van der Waals surface area contributed by atoms with Crippen LogP contribution in [0.4, 0.5) is 0 Å². The fraction of sp³-hybridized carbons (Fsp3) is 0.333. The maximum Gasteiger partial charge on any atom is 0.256 e. The molecular formula is C12H12N2O4. The van der Waals surface area contributed by atoms with Gasteiger partial charge >= 0.3 is 0 Å². The van der Waals surface area contributed by atoms with Crippen molar-refractivity contribution < 1.29 is 19.8 Å². The summed E-state index contributed by atoms with van der Waals surface area (Å²) in [6.45, 7) is 0.721. The van der Waals surface area contributed by atoms with Crippen LogP contribution in [0, 0.1) is 0 Å². The maximum atomic E-state index is 11.7. The summed E-state index contributed by atoms with van der Waals surface area (Å²) >= 11 is 0. The Morgan fingerprint density at radius 1 is 0.889 bits per heavy atom. The smallest absolute Gasteiger partial charge is 0.256 e. The third kappa shape index (κ3) is 1.85. The van der Waals surface area contributed by atoms with Gasteiger partial charge in [-0.3, -0.25) is 9.59 Å². The number of benzene rings is 1. The molecule has 0 aromatic heterocycles. The van der Waals surface area contributed by atoms with Gasteiger partial charge in [-0.15, -0.1) is 0 Å². The molecule has 1 aromatic carbocycles. The predicted octanol–water partition coefficient (Wildman–Crippen LogP) is -0.765. The number of nitrogens with zero attached hydrogens (tertiary/aromatic N) is 2. The van der Waals surface area contributed by atoms with Crippen LogP contribution < -0.4 is 0 Å². The van der Waals surface area contributed by atoms with E-state index in [1.165, 1.54) is 9.80 Å². The number of hydrogen-bond donors (Lipinski definition) is 2. The van der Waals surface area contributed by atoms with Crippen molar-refractivity contribution in [3.63, 3.8) is 0 Å². The Morgan fingerprint density at radius 3 is 1.39 bits per heavy atom. The number of aliphatic hydroxyl groups excluding tert-OH is 2. The molecule has 2 amide bonds. The first-order valence-electron chi connectivity index (χ1n) is 5.66. The van der Waals surface area contributed by atoms with E-state index < -0.39 is 12.5 Å². The summed E-state index contributed by atoms with van der Waals surface area (Å²) in [4.78, 5) is 26.1. The summed E-state index contributed by atoms with van der Waals surface area (Å²) in [5.74, 6) is -0.485. The number of carbonyl (C=O) groups is 2. The van der Waals surface area contributed by atoms with Gasteiger partial charge in [0.05, 0.1) is 13.1 Å². The van der Waals surface area contributed by atoms with Crippen LogP contribution in [0.1, 0.15) is 20.7 Å². The second kappa shape index (κ2) is 3.79. The van der Waals surface area contributed by atoms with Crippen LogP contribution in [-0.2, 0) is 0 Å². The molecule has 6 heteroatoms. The first-order valence-corrected chi connectivity index (χ1v) is 5.66. The Morgan fingerprint density at radius 2 is 1.17 bits per heavy atom. The molecule has 2 N–H and O–H groups in total. The molecule has 2 aliphatic heterocycles. The predicted molar refractivity (Wildman–Crippen MR) is 60.5 cm³/mol. The average Bonchev–Trinajstić information content (AvgIpc) is 3.27. The quantitative estimate of drug-likeness (QED) is 0.674. The highest BCUT2D eigenvalue weighted by Gasteiger charge is 2.38. The molecule has 1 aromatic rings. The summed E-state index contributed by atoms with van der Waals surface area (Å²) < 4.78 is 0. The maximum absolute atomic E-state index is 11.7. The Balaban J connectivity index is 1.73. The van der Waals surface area contributed by atoms with Gasteiger partial charge in [-0.1, -0.05) is 0 Å². The largest absolute Gasteiger partial charge is 0.372 e. The number of hydrogen-bond acceptors (Lipinski definition) is 4. The van der Waals surface area contributed by atoms with E-state index in [1.807, 2.05) is 0 Å². The van der Waals surface area contributed by atoms with E-state index in [4.69, 9.17) is 10.2 Å². The Bertz CT molecular complexity index is 466. The molecular weight excluding hydrogens is 236 g/mol. The van der Waals surface area contributed by atoms with Gasteiger partial charge in [-0.25, -0.2) is 0 Å². The van der Waals surface area contributed by atoms with Gasteiger partial charge in [0.2, 0.25) is 0 Å². The zero-order chi connectivity index (χ0) is 12.9. The number of β-amino-alcohol motifs (C(OH)–C–C–N with tert-alkyl or cyclic N) is 2. The van der Waals surface area contributed by atoms with Gasteiger partial charge in [0.15, 0.2) is 0 Å². The molecule has 94 valence electrons. The lowest BCUT2D eigenvalue weighted by atomic mass is 10.1. The van der Waals surface area contributed by atoms with Crippen LogP contribution in [0.25, 0.3) is 0 Å². The van der Waals surface area contributed by atoms with Crippen LogP contribution >= 0.6 is 0 Å². The first kappa shape index (κ1) is 11.2. The first-order chi connectivity index (χ1) is 8.58. The highest BCUT2D eigenvalue weighted by Crippen LogP contribution is 2.21. The van der Waals surface area contributed by atoms with Crippen molar-refractivity contribution in [2.75, 3.05) is 13.1 Å². The van der Waals surface area contributed by atoms with Crippen molar-refractivity contribution >= 4 is 11.8 Å². The highest BCUT2D eigenvalue weighted by molar-refractivity contribution is 5.99. The molecule has 2 saturated heterocycles. The van der Waals surface area contributed by atoms with Crippen LogP contribution in [-0.4, -0.2) is 57.4 Å². The Labute approximate surface area is 103 Å². The van der Waals surface area contributed by atoms with Gasteiger partial charge in [-0.2, -0.15) is 0 Å². The number of amides is 2. The number of carbonyl (C=O) groups excluding carboxylic acids is 2. The van der Waals surface area contributed by atoms with Crippen molar-refractivity contribution in [2.45, 2.75) is 12.5 Å². The molecule has 2 unspecified atom stereocenters. The monoisotopic (exact) mass is 248 g/mol. The zero-order valence-corrected chi connectivity index (χ0v) is 9.48. The fourth-order valence-electron chi connectivity index (χ4n) is 1.78. The minimum absolute atomic E-state index is 0.242. The molecule has 0 aliphatic carbocycles. The Kier molecular flexibility index (Phi) is 2.36. The second-order valence-corrected chi connectivity index (χ2v) is 4.45. The van der Waals surface area contributed by atoms with Gasteiger partial charge in [-0.05, 0) is 24.3 Å². The molecule has 0 radical (unpaired) electrons. The van der Waals surface area contributed by atoms with Crippen molar-refractivity contribution in [3.8, 4) is 0 Å².